The molecular weight excluding hydrogens is 364 g/mol. The summed E-state index contributed by atoms with van der Waals surface area (Å²) in [6.07, 6.45) is 6.41. The number of methoxy groups -OCH3 is 1. The largest absolute Gasteiger partial charge is 0.497 e. The quantitative estimate of drug-likeness (QED) is 0.268. The molecule has 29 heavy (non-hydrogen) atoms. The van der Waals surface area contributed by atoms with Crippen molar-refractivity contribution in [2.24, 2.45) is 0 Å². The van der Waals surface area contributed by atoms with Gasteiger partial charge in [0.25, 0.3) is 0 Å². The van der Waals surface area contributed by atoms with Gasteiger partial charge in [0.2, 0.25) is 0 Å². The lowest BCUT2D eigenvalue weighted by molar-refractivity contribution is 0.358. The van der Waals surface area contributed by atoms with Crippen molar-refractivity contribution < 1.29 is 13.9 Å². The fraction of sp³-hybridized carbons (Fsp3) is 0.320. The highest BCUT2D eigenvalue weighted by atomic mass is 16.5. The number of rotatable bonds is 7. The van der Waals surface area contributed by atoms with Crippen molar-refractivity contribution >= 4 is 21.7 Å². The third-order valence-electron chi connectivity index (χ3n) is 5.05. The maximum atomic E-state index is 12.5. The van der Waals surface area contributed by atoms with Gasteiger partial charge in [0.15, 0.2) is 0 Å². The summed E-state index contributed by atoms with van der Waals surface area (Å²) in [6.45, 7) is 8.75. The summed E-state index contributed by atoms with van der Waals surface area (Å²) < 4.78 is 16.8. The van der Waals surface area contributed by atoms with Gasteiger partial charge in [0.1, 0.15) is 23.7 Å². The summed E-state index contributed by atoms with van der Waals surface area (Å²) >= 11 is 0. The molecule has 152 valence electrons. The van der Waals surface area contributed by atoms with Gasteiger partial charge in [-0.25, -0.2) is 4.79 Å². The molecule has 3 rings (SSSR count). The number of hydrogen-bond donors (Lipinski definition) is 0. The molecule has 0 N–H and O–H groups in total. The predicted octanol–water partition coefficient (Wildman–Crippen LogP) is 6.33. The van der Waals surface area contributed by atoms with Gasteiger partial charge in [-0.2, -0.15) is 0 Å². The average Bonchev–Trinajstić information content (AvgIpc) is 2.69. The maximum absolute atomic E-state index is 12.5. The molecule has 0 aliphatic carbocycles. The van der Waals surface area contributed by atoms with Crippen molar-refractivity contribution in [1.29, 1.82) is 0 Å². The van der Waals surface area contributed by atoms with Gasteiger partial charge in [-0.15, -0.1) is 0 Å². The van der Waals surface area contributed by atoms with Gasteiger partial charge in [-0.05, 0) is 76.9 Å². The summed E-state index contributed by atoms with van der Waals surface area (Å²) in [5.41, 5.74) is 3.66. The van der Waals surface area contributed by atoms with Crippen molar-refractivity contribution in [3.05, 3.63) is 69.6 Å². The van der Waals surface area contributed by atoms with Crippen LogP contribution >= 0.6 is 0 Å². The highest BCUT2D eigenvalue weighted by molar-refractivity contribution is 6.05. The van der Waals surface area contributed by atoms with Gasteiger partial charge >= 0.3 is 5.63 Å². The van der Waals surface area contributed by atoms with Crippen molar-refractivity contribution in [3.8, 4) is 11.5 Å². The molecule has 1 heterocycles. The van der Waals surface area contributed by atoms with E-state index in [-0.39, 0.29) is 5.63 Å². The first-order chi connectivity index (χ1) is 13.9. The van der Waals surface area contributed by atoms with E-state index >= 15 is 0 Å². The van der Waals surface area contributed by atoms with Crippen molar-refractivity contribution in [2.75, 3.05) is 13.7 Å². The van der Waals surface area contributed by atoms with Gasteiger partial charge in [-0.3, -0.25) is 0 Å². The highest BCUT2D eigenvalue weighted by Gasteiger charge is 2.13. The zero-order chi connectivity index (χ0) is 21.0. The second-order valence-electron chi connectivity index (χ2n) is 7.55. The monoisotopic (exact) mass is 392 g/mol. The van der Waals surface area contributed by atoms with E-state index in [4.69, 9.17) is 13.9 Å². The fourth-order valence-electron chi connectivity index (χ4n) is 3.34. The van der Waals surface area contributed by atoms with Gasteiger partial charge < -0.3 is 13.9 Å². The highest BCUT2D eigenvalue weighted by Crippen LogP contribution is 2.32. The standard InChI is InChI=1S/C25H28O4/c1-16(2)7-6-8-17(3)13-14-28-23-12-11-21-20-10-9-19(27-5)15-22(20)25(26)29-24(21)18(23)4/h7,9-13,15H,6,8,14H2,1-5H3/b17-13-. The first kappa shape index (κ1) is 20.7. The van der Waals surface area contributed by atoms with E-state index in [0.717, 1.165) is 34.9 Å². The van der Waals surface area contributed by atoms with E-state index in [1.165, 1.54) is 11.1 Å². The van der Waals surface area contributed by atoms with Gasteiger partial charge in [0, 0.05) is 16.3 Å². The van der Waals surface area contributed by atoms with E-state index in [1.807, 2.05) is 31.2 Å². The molecule has 0 unspecified atom stereocenters. The Balaban J connectivity index is 1.86. The van der Waals surface area contributed by atoms with Crippen molar-refractivity contribution in [2.45, 2.75) is 40.5 Å². The van der Waals surface area contributed by atoms with Crippen LogP contribution in [-0.2, 0) is 0 Å². The zero-order valence-electron chi connectivity index (χ0n) is 17.8. The number of hydrogen-bond acceptors (Lipinski definition) is 4. The van der Waals surface area contributed by atoms with Gasteiger partial charge in [-0.1, -0.05) is 17.2 Å². The summed E-state index contributed by atoms with van der Waals surface area (Å²) in [4.78, 5) is 12.5. The maximum Gasteiger partial charge on any atom is 0.344 e. The summed E-state index contributed by atoms with van der Waals surface area (Å²) in [6, 6.07) is 9.34. The van der Waals surface area contributed by atoms with Crippen LogP contribution in [0, 0.1) is 6.92 Å². The number of allylic oxidation sites excluding steroid dienone is 3. The molecule has 0 atom stereocenters. The van der Waals surface area contributed by atoms with Crippen LogP contribution in [0.3, 0.4) is 0 Å². The molecule has 2 aromatic carbocycles. The Bertz CT molecular complexity index is 1140. The van der Waals surface area contributed by atoms with E-state index in [1.54, 1.807) is 13.2 Å². The van der Waals surface area contributed by atoms with Gasteiger partial charge in [0.05, 0.1) is 12.5 Å². The van der Waals surface area contributed by atoms with Crippen LogP contribution in [0.2, 0.25) is 0 Å². The number of aryl methyl sites for hydroxylation is 1. The average molecular weight is 392 g/mol. The molecule has 0 saturated carbocycles. The minimum atomic E-state index is -0.373. The van der Waals surface area contributed by atoms with Crippen molar-refractivity contribution in [1.82, 2.24) is 0 Å². The molecular formula is C25H28O4. The molecule has 0 saturated heterocycles. The van der Waals surface area contributed by atoms with Crippen LogP contribution < -0.4 is 15.1 Å². The van der Waals surface area contributed by atoms with Crippen LogP contribution in [0.25, 0.3) is 21.7 Å². The molecule has 1 aromatic heterocycles. The summed E-state index contributed by atoms with van der Waals surface area (Å²) in [5, 5.41) is 2.25. The summed E-state index contributed by atoms with van der Waals surface area (Å²) in [7, 11) is 1.58. The second-order valence-corrected chi connectivity index (χ2v) is 7.55. The smallest absolute Gasteiger partial charge is 0.344 e. The van der Waals surface area contributed by atoms with Crippen LogP contribution in [0.15, 0.2) is 62.8 Å². The number of benzene rings is 2. The Kier molecular flexibility index (Phi) is 6.42. The van der Waals surface area contributed by atoms with Crippen LogP contribution in [0.1, 0.15) is 39.2 Å². The van der Waals surface area contributed by atoms with E-state index < -0.39 is 0 Å². The Hall–Kier alpha value is -3.01. The SMILES string of the molecule is COc1ccc2c(c1)c(=O)oc1c(C)c(OC/C=C(/C)CCC=C(C)C)ccc12. The van der Waals surface area contributed by atoms with Crippen LogP contribution in [-0.4, -0.2) is 13.7 Å². The molecule has 4 heteroatoms. The minimum absolute atomic E-state index is 0.373. The fourth-order valence-corrected chi connectivity index (χ4v) is 3.34. The second kappa shape index (κ2) is 8.99. The molecule has 0 spiro atoms. The number of fused-ring (bicyclic) bond motifs is 3. The van der Waals surface area contributed by atoms with E-state index in [0.29, 0.717) is 23.3 Å². The molecule has 0 aliphatic heterocycles. The van der Waals surface area contributed by atoms with Crippen molar-refractivity contribution in [3.63, 3.8) is 0 Å². The Labute approximate surface area is 171 Å². The topological polar surface area (TPSA) is 48.7 Å². The molecule has 4 nitrogen and oxygen atoms in total. The molecule has 0 fully saturated rings. The molecule has 0 bridgehead atoms. The first-order valence-corrected chi connectivity index (χ1v) is 9.86. The Morgan fingerprint density at radius 1 is 1.03 bits per heavy atom. The van der Waals surface area contributed by atoms with E-state index in [9.17, 15) is 4.79 Å². The number of ether oxygens (including phenoxy) is 2. The molecule has 0 aliphatic rings. The Morgan fingerprint density at radius 2 is 1.79 bits per heavy atom. The first-order valence-electron chi connectivity index (χ1n) is 9.86. The third kappa shape index (κ3) is 4.70. The lowest BCUT2D eigenvalue weighted by atomic mass is 10.0. The van der Waals surface area contributed by atoms with Crippen LogP contribution in [0.5, 0.6) is 11.5 Å². The molecule has 0 radical (unpaired) electrons. The summed E-state index contributed by atoms with van der Waals surface area (Å²) in [5.74, 6) is 1.36. The molecule has 0 amide bonds. The minimum Gasteiger partial charge on any atom is -0.497 e. The molecule has 3 aromatic rings. The zero-order valence-corrected chi connectivity index (χ0v) is 17.8. The normalized spacial score (nSPS) is 11.7. The lowest BCUT2D eigenvalue weighted by Crippen LogP contribution is -2.03. The van der Waals surface area contributed by atoms with Crippen LogP contribution in [0.4, 0.5) is 0 Å². The predicted molar refractivity (Wildman–Crippen MR) is 119 cm³/mol. The third-order valence-corrected chi connectivity index (χ3v) is 5.05. The van der Waals surface area contributed by atoms with E-state index in [2.05, 4.69) is 32.9 Å². The lowest BCUT2D eigenvalue weighted by Gasteiger charge is -2.11. The Morgan fingerprint density at radius 3 is 2.52 bits per heavy atom.